The number of aliphatic hydroxyl groups is 2. The van der Waals surface area contributed by atoms with Gasteiger partial charge in [0, 0.05) is 6.42 Å². The molecule has 0 aromatic heterocycles. The van der Waals surface area contributed by atoms with Crippen molar-refractivity contribution in [1.82, 2.24) is 10.6 Å². The fraction of sp³-hybridized carbons (Fsp3) is 0.688. The smallest absolute Gasteiger partial charge is 0.245 e. The molecule has 1 unspecified atom stereocenters. The number of Topliss-reactive ketones (excluding diaryl/α,β-unsaturated/α-hetero) is 1. The minimum Gasteiger partial charge on any atom is -0.394 e. The van der Waals surface area contributed by atoms with Crippen LogP contribution in [0, 0.1) is 0 Å². The Morgan fingerprint density at radius 1 is 1.25 bits per heavy atom. The van der Waals surface area contributed by atoms with Gasteiger partial charge >= 0.3 is 0 Å². The molecule has 4 N–H and O–H groups in total. The summed E-state index contributed by atoms with van der Waals surface area (Å²) in [5.74, 6) is -1.47. The van der Waals surface area contributed by atoms with Crippen molar-refractivity contribution >= 4 is 17.6 Å². The highest BCUT2D eigenvalue weighted by Gasteiger charge is 2.54. The van der Waals surface area contributed by atoms with Crippen molar-refractivity contribution in [3.8, 4) is 0 Å². The lowest BCUT2D eigenvalue weighted by atomic mass is 9.94. The van der Waals surface area contributed by atoms with Crippen LogP contribution in [0.15, 0.2) is 12.2 Å². The minimum atomic E-state index is -1.27. The summed E-state index contributed by atoms with van der Waals surface area (Å²) in [4.78, 5) is 36.3. The van der Waals surface area contributed by atoms with E-state index in [0.717, 1.165) is 0 Å². The summed E-state index contributed by atoms with van der Waals surface area (Å²) in [6, 6.07) is -2.09. The van der Waals surface area contributed by atoms with E-state index in [0.29, 0.717) is 12.0 Å². The largest absolute Gasteiger partial charge is 0.394 e. The van der Waals surface area contributed by atoms with E-state index in [2.05, 4.69) is 17.2 Å². The molecule has 0 radical (unpaired) electrons. The molecule has 136 valence electrons. The average Bonchev–Trinajstić information content (AvgIpc) is 3.32. The van der Waals surface area contributed by atoms with E-state index >= 15 is 0 Å². The first-order valence-corrected chi connectivity index (χ1v) is 7.93. The molecule has 1 heterocycles. The Balaban J connectivity index is 2.77. The summed E-state index contributed by atoms with van der Waals surface area (Å²) in [5, 5.41) is 23.6. The Labute approximate surface area is 141 Å². The number of carbonyl (C=O) groups is 3. The number of carbonyl (C=O) groups excluding carboxylic acids is 3. The van der Waals surface area contributed by atoms with Gasteiger partial charge in [0.15, 0.2) is 11.4 Å². The summed E-state index contributed by atoms with van der Waals surface area (Å²) in [6.07, 6.45) is 1.02. The van der Waals surface area contributed by atoms with Crippen LogP contribution in [0.3, 0.4) is 0 Å². The lowest BCUT2D eigenvalue weighted by molar-refractivity contribution is -0.134. The number of hydrogen-bond donors (Lipinski definition) is 4. The third-order valence-electron chi connectivity index (χ3n) is 3.69. The molecule has 8 nitrogen and oxygen atoms in total. The van der Waals surface area contributed by atoms with Crippen LogP contribution in [0.1, 0.15) is 33.1 Å². The van der Waals surface area contributed by atoms with Gasteiger partial charge in [0.25, 0.3) is 0 Å². The van der Waals surface area contributed by atoms with Crippen molar-refractivity contribution in [1.29, 1.82) is 0 Å². The molecule has 0 aliphatic carbocycles. The Morgan fingerprint density at radius 2 is 1.88 bits per heavy atom. The van der Waals surface area contributed by atoms with Crippen LogP contribution in [-0.4, -0.2) is 65.3 Å². The Kier molecular flexibility index (Phi) is 7.53. The van der Waals surface area contributed by atoms with Crippen LogP contribution < -0.4 is 10.6 Å². The van der Waals surface area contributed by atoms with Gasteiger partial charge in [0.1, 0.15) is 6.04 Å². The third kappa shape index (κ3) is 5.40. The van der Waals surface area contributed by atoms with Crippen LogP contribution in [0.4, 0.5) is 0 Å². The Morgan fingerprint density at radius 3 is 2.29 bits per heavy atom. The first-order chi connectivity index (χ1) is 11.3. The van der Waals surface area contributed by atoms with Gasteiger partial charge in [-0.2, -0.15) is 0 Å². The molecule has 0 aromatic carbocycles. The van der Waals surface area contributed by atoms with Crippen molar-refractivity contribution in [2.75, 3.05) is 19.8 Å². The number of nitrogens with one attached hydrogen (secondary N) is 2. The number of rotatable bonds is 11. The Bertz CT molecular complexity index is 501. The van der Waals surface area contributed by atoms with E-state index in [9.17, 15) is 24.6 Å². The molecule has 0 spiro atoms. The van der Waals surface area contributed by atoms with Gasteiger partial charge in [-0.1, -0.05) is 12.5 Å². The number of amides is 2. The lowest BCUT2D eigenvalue weighted by Gasteiger charge is -2.23. The summed E-state index contributed by atoms with van der Waals surface area (Å²) >= 11 is 0. The second-order valence-electron chi connectivity index (χ2n) is 6.08. The maximum Gasteiger partial charge on any atom is 0.245 e. The highest BCUT2D eigenvalue weighted by atomic mass is 16.6. The number of aliphatic hydroxyl groups excluding tert-OH is 2. The normalized spacial score (nSPS) is 21.5. The zero-order valence-corrected chi connectivity index (χ0v) is 14.1. The van der Waals surface area contributed by atoms with Crippen molar-refractivity contribution in [3.05, 3.63) is 12.2 Å². The quantitative estimate of drug-likeness (QED) is 0.283. The number of epoxide rings is 1. The van der Waals surface area contributed by atoms with Gasteiger partial charge in [0.05, 0.1) is 25.9 Å². The third-order valence-corrected chi connectivity index (χ3v) is 3.69. The molecule has 3 atom stereocenters. The number of hydrogen-bond acceptors (Lipinski definition) is 6. The fourth-order valence-electron chi connectivity index (χ4n) is 2.23. The second kappa shape index (κ2) is 8.91. The highest BCUT2D eigenvalue weighted by Crippen LogP contribution is 2.29. The van der Waals surface area contributed by atoms with E-state index in [1.165, 1.54) is 0 Å². The zero-order valence-electron chi connectivity index (χ0n) is 14.1. The monoisotopic (exact) mass is 342 g/mol. The highest BCUT2D eigenvalue weighted by molar-refractivity contribution is 5.98. The van der Waals surface area contributed by atoms with Crippen LogP contribution in [0.2, 0.25) is 0 Å². The predicted octanol–water partition coefficient (Wildman–Crippen LogP) is -0.955. The molecular formula is C16H26N2O6. The zero-order chi connectivity index (χ0) is 18.3. The van der Waals surface area contributed by atoms with Crippen LogP contribution in [0.25, 0.3) is 0 Å². The van der Waals surface area contributed by atoms with E-state index < -0.39 is 42.6 Å². The van der Waals surface area contributed by atoms with Crippen molar-refractivity contribution in [2.45, 2.75) is 50.8 Å². The number of ketones is 1. The molecule has 1 aliphatic heterocycles. The summed E-state index contributed by atoms with van der Waals surface area (Å²) < 4.78 is 5.03. The topological polar surface area (TPSA) is 128 Å². The van der Waals surface area contributed by atoms with Gasteiger partial charge in [-0.05, 0) is 19.8 Å². The molecule has 0 bridgehead atoms. The van der Waals surface area contributed by atoms with E-state index in [1.54, 1.807) is 6.92 Å². The predicted molar refractivity (Wildman–Crippen MR) is 86.1 cm³/mol. The lowest BCUT2D eigenvalue weighted by Crippen LogP contribution is -2.55. The molecular weight excluding hydrogens is 316 g/mol. The molecule has 2 amide bonds. The Hall–Kier alpha value is -1.77. The molecule has 0 aromatic rings. The summed E-state index contributed by atoms with van der Waals surface area (Å²) in [6.45, 7) is 6.30. The van der Waals surface area contributed by atoms with Crippen LogP contribution in [-0.2, 0) is 19.1 Å². The van der Waals surface area contributed by atoms with Crippen molar-refractivity contribution in [2.24, 2.45) is 0 Å². The van der Waals surface area contributed by atoms with Gasteiger partial charge in [-0.25, -0.2) is 0 Å². The first kappa shape index (κ1) is 20.3. The van der Waals surface area contributed by atoms with E-state index in [-0.39, 0.29) is 25.4 Å². The number of ether oxygens (including phenoxy) is 1. The summed E-state index contributed by atoms with van der Waals surface area (Å²) in [7, 11) is 0. The maximum atomic E-state index is 12.5. The molecule has 8 heteroatoms. The molecule has 24 heavy (non-hydrogen) atoms. The molecule has 1 rings (SSSR count). The van der Waals surface area contributed by atoms with Gasteiger partial charge in [-0.3, -0.25) is 14.4 Å². The maximum absolute atomic E-state index is 12.5. The average molecular weight is 342 g/mol. The second-order valence-corrected chi connectivity index (χ2v) is 6.08. The first-order valence-electron chi connectivity index (χ1n) is 7.93. The van der Waals surface area contributed by atoms with Gasteiger partial charge < -0.3 is 25.6 Å². The molecule has 1 saturated heterocycles. The molecule has 1 aliphatic rings. The van der Waals surface area contributed by atoms with Gasteiger partial charge in [0.2, 0.25) is 11.8 Å². The van der Waals surface area contributed by atoms with Crippen molar-refractivity contribution < 1.29 is 29.3 Å². The molecule has 1 fully saturated rings. The van der Waals surface area contributed by atoms with Crippen LogP contribution >= 0.6 is 0 Å². The summed E-state index contributed by atoms with van der Waals surface area (Å²) in [5.41, 5.74) is -0.605. The minimum absolute atomic E-state index is 0.0988. The standard InChI is InChI=1S/C16H26N2O6/c1-4-5-13(21)17-12(7-19)15(23)18-11(6-10(2)3)14(22)16(8-20)9-24-16/h11-12,19-20H,2,4-9H2,1,3H3,(H,17,21)(H,18,23)/t11-,12-,16?/m0/s1. The SMILES string of the molecule is C=C(C)C[C@H](NC(=O)[C@H](CO)NC(=O)CCC)C(=O)C1(CO)CO1. The van der Waals surface area contributed by atoms with Crippen LogP contribution in [0.5, 0.6) is 0 Å². The van der Waals surface area contributed by atoms with E-state index in [4.69, 9.17) is 4.74 Å². The van der Waals surface area contributed by atoms with E-state index in [1.807, 2.05) is 6.92 Å². The fourth-order valence-corrected chi connectivity index (χ4v) is 2.23. The van der Waals surface area contributed by atoms with Crippen molar-refractivity contribution in [3.63, 3.8) is 0 Å². The molecule has 0 saturated carbocycles. The van der Waals surface area contributed by atoms with Gasteiger partial charge in [-0.15, -0.1) is 6.58 Å².